The monoisotopic (exact) mass is 349 g/mol. The summed E-state index contributed by atoms with van der Waals surface area (Å²) in [6, 6.07) is 11.8. The van der Waals surface area contributed by atoms with Crippen LogP contribution < -0.4 is 10.1 Å². The Morgan fingerprint density at radius 3 is 2.71 bits per heavy atom. The van der Waals surface area contributed by atoms with Crippen molar-refractivity contribution in [2.45, 2.75) is 20.0 Å². The number of amides is 1. The summed E-state index contributed by atoms with van der Waals surface area (Å²) in [4.78, 5) is 12.2. The summed E-state index contributed by atoms with van der Waals surface area (Å²) in [5, 5.41) is 12.5. The molecule has 21 heavy (non-hydrogen) atoms. The molecule has 0 fully saturated rings. The van der Waals surface area contributed by atoms with Crippen molar-refractivity contribution >= 4 is 27.5 Å². The van der Waals surface area contributed by atoms with Crippen LogP contribution in [0.25, 0.3) is 0 Å². The van der Waals surface area contributed by atoms with E-state index in [0.717, 1.165) is 4.47 Å². The average Bonchev–Trinajstić information content (AvgIpc) is 2.41. The molecule has 0 unspecified atom stereocenters. The maximum atomic E-state index is 12.2. The Kier molecular flexibility index (Phi) is 4.85. The molecular weight excluding hydrogens is 334 g/mol. The Morgan fingerprint density at radius 1 is 1.24 bits per heavy atom. The van der Waals surface area contributed by atoms with Crippen LogP contribution >= 0.6 is 15.9 Å². The molecule has 0 aliphatic heterocycles. The van der Waals surface area contributed by atoms with Crippen LogP contribution in [0.1, 0.15) is 24.2 Å². The average molecular weight is 350 g/mol. The highest BCUT2D eigenvalue weighted by atomic mass is 79.9. The van der Waals surface area contributed by atoms with Gasteiger partial charge in [0.05, 0.1) is 11.7 Å². The number of rotatable bonds is 4. The number of phenolic OH excluding ortho intramolecular Hbond substituents is 1. The third-order valence-corrected chi connectivity index (χ3v) is 3.16. The fourth-order valence-corrected chi connectivity index (χ4v) is 2.17. The molecule has 0 saturated heterocycles. The summed E-state index contributed by atoms with van der Waals surface area (Å²) in [5.41, 5.74) is 0.817. The first-order chi connectivity index (χ1) is 9.95. The van der Waals surface area contributed by atoms with E-state index in [-0.39, 0.29) is 23.3 Å². The smallest absolute Gasteiger partial charge is 0.259 e. The molecule has 1 amide bonds. The molecule has 0 aromatic heterocycles. The highest BCUT2D eigenvalue weighted by Gasteiger charge is 2.12. The molecule has 0 aliphatic carbocycles. The van der Waals surface area contributed by atoms with Crippen molar-refractivity contribution in [1.82, 2.24) is 0 Å². The summed E-state index contributed by atoms with van der Waals surface area (Å²) in [6.07, 6.45) is 0.0603. The Morgan fingerprint density at radius 2 is 2.00 bits per heavy atom. The largest absolute Gasteiger partial charge is 0.507 e. The first-order valence-electron chi connectivity index (χ1n) is 6.52. The molecule has 0 radical (unpaired) electrons. The van der Waals surface area contributed by atoms with Gasteiger partial charge in [-0.2, -0.15) is 0 Å². The predicted octanol–water partition coefficient (Wildman–Crippen LogP) is 4.19. The molecule has 2 aromatic rings. The number of halogens is 1. The zero-order chi connectivity index (χ0) is 15.4. The van der Waals surface area contributed by atoms with Crippen LogP contribution in [0, 0.1) is 0 Å². The fraction of sp³-hybridized carbons (Fsp3) is 0.188. The minimum absolute atomic E-state index is 0.0603. The van der Waals surface area contributed by atoms with Gasteiger partial charge in [0, 0.05) is 16.2 Å². The van der Waals surface area contributed by atoms with Crippen LogP contribution in [0.5, 0.6) is 11.5 Å². The number of benzene rings is 2. The maximum Gasteiger partial charge on any atom is 0.259 e. The topological polar surface area (TPSA) is 58.6 Å². The van der Waals surface area contributed by atoms with E-state index in [9.17, 15) is 9.90 Å². The summed E-state index contributed by atoms with van der Waals surface area (Å²) < 4.78 is 6.30. The first kappa shape index (κ1) is 15.4. The van der Waals surface area contributed by atoms with Crippen molar-refractivity contribution in [2.75, 3.05) is 5.32 Å². The molecule has 0 spiro atoms. The minimum atomic E-state index is -0.379. The van der Waals surface area contributed by atoms with Gasteiger partial charge in [0.2, 0.25) is 0 Å². The standard InChI is InChI=1S/C16H16BrNO3/c1-10(2)21-13-5-3-4-12(9-13)18-16(20)14-8-11(17)6-7-15(14)19/h3-10,19H,1-2H3,(H,18,20). The van der Waals surface area contributed by atoms with Crippen LogP contribution in [0.15, 0.2) is 46.9 Å². The summed E-state index contributed by atoms with van der Waals surface area (Å²) in [7, 11) is 0. The van der Waals surface area contributed by atoms with Crippen molar-refractivity contribution in [3.63, 3.8) is 0 Å². The number of hydrogen-bond acceptors (Lipinski definition) is 3. The molecule has 0 atom stereocenters. The second-order valence-corrected chi connectivity index (χ2v) is 5.73. The summed E-state index contributed by atoms with van der Waals surface area (Å²) in [5.74, 6) is 0.238. The molecule has 5 heteroatoms. The lowest BCUT2D eigenvalue weighted by molar-refractivity contribution is 0.102. The van der Waals surface area contributed by atoms with Gasteiger partial charge in [-0.25, -0.2) is 0 Å². The zero-order valence-electron chi connectivity index (χ0n) is 11.8. The predicted molar refractivity (Wildman–Crippen MR) is 86.0 cm³/mol. The normalized spacial score (nSPS) is 10.5. The van der Waals surface area contributed by atoms with E-state index in [4.69, 9.17) is 4.74 Å². The number of carbonyl (C=O) groups excluding carboxylic acids is 1. The molecule has 2 rings (SSSR count). The number of nitrogens with one attached hydrogen (secondary N) is 1. The van der Waals surface area contributed by atoms with E-state index in [1.807, 2.05) is 19.9 Å². The Labute approximate surface area is 131 Å². The lowest BCUT2D eigenvalue weighted by Gasteiger charge is -2.12. The molecule has 0 heterocycles. The zero-order valence-corrected chi connectivity index (χ0v) is 13.3. The van der Waals surface area contributed by atoms with Crippen LogP contribution in [0.4, 0.5) is 5.69 Å². The second kappa shape index (κ2) is 6.63. The van der Waals surface area contributed by atoms with E-state index >= 15 is 0 Å². The Bertz CT molecular complexity index is 656. The summed E-state index contributed by atoms with van der Waals surface area (Å²) in [6.45, 7) is 3.87. The molecule has 2 aromatic carbocycles. The van der Waals surface area contributed by atoms with Gasteiger partial charge in [0.1, 0.15) is 11.5 Å². The fourth-order valence-electron chi connectivity index (χ4n) is 1.81. The van der Waals surface area contributed by atoms with Crippen LogP contribution in [-0.2, 0) is 0 Å². The van der Waals surface area contributed by atoms with Crippen LogP contribution in [-0.4, -0.2) is 17.1 Å². The van der Waals surface area contributed by atoms with E-state index in [1.54, 1.807) is 30.3 Å². The van der Waals surface area contributed by atoms with Crippen molar-refractivity contribution in [1.29, 1.82) is 0 Å². The quantitative estimate of drug-likeness (QED) is 0.869. The third-order valence-electron chi connectivity index (χ3n) is 2.67. The number of carbonyl (C=O) groups is 1. The van der Waals surface area contributed by atoms with Gasteiger partial charge in [0.25, 0.3) is 5.91 Å². The lowest BCUT2D eigenvalue weighted by atomic mass is 10.2. The SMILES string of the molecule is CC(C)Oc1cccc(NC(=O)c2cc(Br)ccc2O)c1. The second-order valence-electron chi connectivity index (χ2n) is 4.81. The van der Waals surface area contributed by atoms with Crippen molar-refractivity contribution in [2.24, 2.45) is 0 Å². The minimum Gasteiger partial charge on any atom is -0.507 e. The van der Waals surface area contributed by atoms with Gasteiger partial charge in [-0.1, -0.05) is 22.0 Å². The number of hydrogen-bond donors (Lipinski definition) is 2. The maximum absolute atomic E-state index is 12.2. The van der Waals surface area contributed by atoms with Gasteiger partial charge in [-0.05, 0) is 44.2 Å². The molecule has 110 valence electrons. The Hall–Kier alpha value is -2.01. The van der Waals surface area contributed by atoms with Gasteiger partial charge in [-0.3, -0.25) is 4.79 Å². The van der Waals surface area contributed by atoms with Crippen molar-refractivity contribution < 1.29 is 14.6 Å². The first-order valence-corrected chi connectivity index (χ1v) is 7.31. The van der Waals surface area contributed by atoms with Crippen LogP contribution in [0.2, 0.25) is 0 Å². The van der Waals surface area contributed by atoms with E-state index in [0.29, 0.717) is 11.4 Å². The number of anilines is 1. The van der Waals surface area contributed by atoms with Gasteiger partial charge in [0.15, 0.2) is 0 Å². The highest BCUT2D eigenvalue weighted by Crippen LogP contribution is 2.24. The number of phenols is 1. The molecule has 4 nitrogen and oxygen atoms in total. The van der Waals surface area contributed by atoms with E-state index in [2.05, 4.69) is 21.2 Å². The van der Waals surface area contributed by atoms with Crippen molar-refractivity contribution in [3.05, 3.63) is 52.5 Å². The molecular formula is C16H16BrNO3. The molecule has 0 aliphatic rings. The lowest BCUT2D eigenvalue weighted by Crippen LogP contribution is -2.12. The Balaban J connectivity index is 2.17. The molecule has 0 bridgehead atoms. The van der Waals surface area contributed by atoms with Crippen LogP contribution in [0.3, 0.4) is 0 Å². The summed E-state index contributed by atoms with van der Waals surface area (Å²) >= 11 is 3.28. The number of ether oxygens (including phenoxy) is 1. The van der Waals surface area contributed by atoms with Gasteiger partial charge >= 0.3 is 0 Å². The number of aromatic hydroxyl groups is 1. The van der Waals surface area contributed by atoms with E-state index < -0.39 is 0 Å². The van der Waals surface area contributed by atoms with Gasteiger partial charge < -0.3 is 15.2 Å². The molecule has 2 N–H and O–H groups in total. The highest BCUT2D eigenvalue weighted by molar-refractivity contribution is 9.10. The van der Waals surface area contributed by atoms with E-state index in [1.165, 1.54) is 6.07 Å². The van der Waals surface area contributed by atoms with Gasteiger partial charge in [-0.15, -0.1) is 0 Å². The molecule has 0 saturated carbocycles. The van der Waals surface area contributed by atoms with Crippen molar-refractivity contribution in [3.8, 4) is 11.5 Å². The third kappa shape index (κ3) is 4.23.